The molecule has 2 fully saturated rings. The van der Waals surface area contributed by atoms with Crippen molar-refractivity contribution in [2.24, 2.45) is 5.41 Å². The first-order chi connectivity index (χ1) is 9.42. The van der Waals surface area contributed by atoms with Gasteiger partial charge in [-0.2, -0.15) is 0 Å². The van der Waals surface area contributed by atoms with Gasteiger partial charge in [0.1, 0.15) is 0 Å². The van der Waals surface area contributed by atoms with E-state index >= 15 is 0 Å². The van der Waals surface area contributed by atoms with Crippen LogP contribution in [0.25, 0.3) is 0 Å². The van der Waals surface area contributed by atoms with Crippen molar-refractivity contribution >= 4 is 0 Å². The van der Waals surface area contributed by atoms with Gasteiger partial charge in [-0.3, -0.25) is 4.90 Å². The summed E-state index contributed by atoms with van der Waals surface area (Å²) >= 11 is 0. The minimum Gasteiger partial charge on any atom is -0.304 e. The average Bonchev–Trinajstić information content (AvgIpc) is 3.16. The highest BCUT2D eigenvalue weighted by Gasteiger charge is 2.43. The van der Waals surface area contributed by atoms with Gasteiger partial charge in [-0.25, -0.2) is 0 Å². The Balaban J connectivity index is 1.71. The molecule has 0 aromatic carbocycles. The van der Waals surface area contributed by atoms with Crippen LogP contribution in [-0.4, -0.2) is 73.1 Å². The molecule has 0 bridgehead atoms. The van der Waals surface area contributed by atoms with Crippen molar-refractivity contribution in [3.63, 3.8) is 0 Å². The first kappa shape index (κ1) is 16.3. The molecule has 0 radical (unpaired) electrons. The van der Waals surface area contributed by atoms with Crippen LogP contribution in [0.1, 0.15) is 47.0 Å². The molecule has 20 heavy (non-hydrogen) atoms. The lowest BCUT2D eigenvalue weighted by Crippen LogP contribution is -2.50. The fourth-order valence-corrected chi connectivity index (χ4v) is 3.25. The normalized spacial score (nSPS) is 24.0. The van der Waals surface area contributed by atoms with Crippen LogP contribution in [0.5, 0.6) is 0 Å². The largest absolute Gasteiger partial charge is 0.304 e. The summed E-state index contributed by atoms with van der Waals surface area (Å²) in [6.07, 6.45) is 4.32. The number of rotatable bonds is 7. The molecule has 1 saturated carbocycles. The highest BCUT2D eigenvalue weighted by Crippen LogP contribution is 2.49. The van der Waals surface area contributed by atoms with Gasteiger partial charge in [0.05, 0.1) is 0 Å². The molecule has 1 aliphatic carbocycles. The standard InChI is InChI=1S/C17H35N3/c1-15(2)18(5)9-8-17(6-7-17)14-19-10-12-20(13-11-19)16(3)4/h15-16H,6-14H2,1-5H3. The summed E-state index contributed by atoms with van der Waals surface area (Å²) in [6.45, 7) is 16.9. The highest BCUT2D eigenvalue weighted by atomic mass is 15.3. The van der Waals surface area contributed by atoms with Crippen molar-refractivity contribution < 1.29 is 0 Å². The molecule has 118 valence electrons. The van der Waals surface area contributed by atoms with Crippen LogP contribution in [0.4, 0.5) is 0 Å². The van der Waals surface area contributed by atoms with Gasteiger partial charge >= 0.3 is 0 Å². The fourth-order valence-electron chi connectivity index (χ4n) is 3.25. The third-order valence-corrected chi connectivity index (χ3v) is 5.53. The number of piperazine rings is 1. The molecular weight excluding hydrogens is 246 g/mol. The Hall–Kier alpha value is -0.120. The van der Waals surface area contributed by atoms with E-state index in [2.05, 4.69) is 49.4 Å². The smallest absolute Gasteiger partial charge is 0.0113 e. The molecule has 0 atom stereocenters. The van der Waals surface area contributed by atoms with E-state index in [-0.39, 0.29) is 0 Å². The Labute approximate surface area is 126 Å². The fraction of sp³-hybridized carbons (Fsp3) is 1.00. The minimum absolute atomic E-state index is 0.670. The Morgan fingerprint density at radius 3 is 2.05 bits per heavy atom. The van der Waals surface area contributed by atoms with Crippen LogP contribution in [0.15, 0.2) is 0 Å². The molecule has 2 aliphatic rings. The van der Waals surface area contributed by atoms with E-state index in [0.29, 0.717) is 17.5 Å². The van der Waals surface area contributed by atoms with Crippen LogP contribution in [-0.2, 0) is 0 Å². The number of hydrogen-bond donors (Lipinski definition) is 0. The summed E-state index contributed by atoms with van der Waals surface area (Å²) < 4.78 is 0. The zero-order valence-electron chi connectivity index (χ0n) is 14.4. The molecule has 0 aromatic rings. The summed E-state index contributed by atoms with van der Waals surface area (Å²) in [5, 5.41) is 0. The van der Waals surface area contributed by atoms with Crippen molar-refractivity contribution in [1.82, 2.24) is 14.7 Å². The van der Waals surface area contributed by atoms with Gasteiger partial charge in [0.2, 0.25) is 0 Å². The molecule has 0 N–H and O–H groups in total. The predicted molar refractivity (Wildman–Crippen MR) is 87.2 cm³/mol. The monoisotopic (exact) mass is 281 g/mol. The summed E-state index contributed by atoms with van der Waals surface area (Å²) in [4.78, 5) is 7.83. The Morgan fingerprint density at radius 1 is 1.00 bits per heavy atom. The van der Waals surface area contributed by atoms with Crippen molar-refractivity contribution in [3.8, 4) is 0 Å². The van der Waals surface area contributed by atoms with Crippen molar-refractivity contribution in [1.29, 1.82) is 0 Å². The average molecular weight is 281 g/mol. The summed E-state index contributed by atoms with van der Waals surface area (Å²) in [7, 11) is 2.27. The van der Waals surface area contributed by atoms with Gasteiger partial charge in [0.25, 0.3) is 0 Å². The molecule has 3 nitrogen and oxygen atoms in total. The van der Waals surface area contributed by atoms with E-state index in [0.717, 1.165) is 0 Å². The van der Waals surface area contributed by atoms with E-state index in [1.165, 1.54) is 58.5 Å². The predicted octanol–water partition coefficient (Wildman–Crippen LogP) is 2.52. The highest BCUT2D eigenvalue weighted by molar-refractivity contribution is 4.96. The zero-order chi connectivity index (χ0) is 14.8. The molecule has 2 rings (SSSR count). The lowest BCUT2D eigenvalue weighted by Gasteiger charge is -2.38. The van der Waals surface area contributed by atoms with Crippen LogP contribution >= 0.6 is 0 Å². The second-order valence-corrected chi connectivity index (χ2v) is 7.73. The number of nitrogens with zero attached hydrogens (tertiary/aromatic N) is 3. The lowest BCUT2D eigenvalue weighted by atomic mass is 10.0. The van der Waals surface area contributed by atoms with E-state index in [4.69, 9.17) is 0 Å². The number of hydrogen-bond acceptors (Lipinski definition) is 3. The van der Waals surface area contributed by atoms with Gasteiger partial charge in [-0.05, 0) is 66.0 Å². The molecular formula is C17H35N3. The van der Waals surface area contributed by atoms with Gasteiger partial charge in [-0.1, -0.05) is 0 Å². The van der Waals surface area contributed by atoms with Crippen molar-refractivity contribution in [2.75, 3.05) is 46.3 Å². The zero-order valence-corrected chi connectivity index (χ0v) is 14.4. The Kier molecular flexibility index (Phi) is 5.49. The third-order valence-electron chi connectivity index (χ3n) is 5.53. The van der Waals surface area contributed by atoms with Crippen LogP contribution in [0, 0.1) is 5.41 Å². The molecule has 3 heteroatoms. The summed E-state index contributed by atoms with van der Waals surface area (Å²) in [5.74, 6) is 0. The third kappa shape index (κ3) is 4.44. The quantitative estimate of drug-likeness (QED) is 0.710. The molecule has 0 aromatic heterocycles. The molecule has 1 saturated heterocycles. The first-order valence-electron chi connectivity index (χ1n) is 8.58. The van der Waals surface area contributed by atoms with Crippen molar-refractivity contribution in [2.45, 2.75) is 59.0 Å². The Morgan fingerprint density at radius 2 is 1.60 bits per heavy atom. The first-order valence-corrected chi connectivity index (χ1v) is 8.58. The van der Waals surface area contributed by atoms with Gasteiger partial charge in [-0.15, -0.1) is 0 Å². The molecule has 0 unspecified atom stereocenters. The van der Waals surface area contributed by atoms with E-state index in [1.807, 2.05) is 0 Å². The van der Waals surface area contributed by atoms with E-state index < -0.39 is 0 Å². The van der Waals surface area contributed by atoms with Crippen LogP contribution < -0.4 is 0 Å². The van der Waals surface area contributed by atoms with E-state index in [1.54, 1.807) is 0 Å². The Bertz CT molecular complexity index is 289. The second-order valence-electron chi connectivity index (χ2n) is 7.73. The lowest BCUT2D eigenvalue weighted by molar-refractivity contribution is 0.0889. The molecule has 1 heterocycles. The topological polar surface area (TPSA) is 9.72 Å². The van der Waals surface area contributed by atoms with Crippen LogP contribution in [0.2, 0.25) is 0 Å². The van der Waals surface area contributed by atoms with Gasteiger partial charge in [0, 0.05) is 44.8 Å². The van der Waals surface area contributed by atoms with Gasteiger partial charge in [0.15, 0.2) is 0 Å². The molecule has 0 amide bonds. The maximum Gasteiger partial charge on any atom is 0.0113 e. The van der Waals surface area contributed by atoms with Crippen molar-refractivity contribution in [3.05, 3.63) is 0 Å². The molecule has 1 aliphatic heterocycles. The maximum atomic E-state index is 2.72. The second kappa shape index (κ2) is 6.76. The van der Waals surface area contributed by atoms with Gasteiger partial charge < -0.3 is 9.80 Å². The SMILES string of the molecule is CC(C)N(C)CCC1(CN2CCN(C(C)C)CC2)CC1. The van der Waals surface area contributed by atoms with E-state index in [9.17, 15) is 0 Å². The minimum atomic E-state index is 0.670. The summed E-state index contributed by atoms with van der Waals surface area (Å²) in [6, 6.07) is 1.40. The van der Waals surface area contributed by atoms with Crippen LogP contribution in [0.3, 0.4) is 0 Å². The maximum absolute atomic E-state index is 2.72. The molecule has 0 spiro atoms. The summed E-state index contributed by atoms with van der Waals surface area (Å²) in [5.41, 5.74) is 0.670.